The summed E-state index contributed by atoms with van der Waals surface area (Å²) in [5.41, 5.74) is 3.54. The van der Waals surface area contributed by atoms with Crippen molar-refractivity contribution in [3.63, 3.8) is 0 Å². The van der Waals surface area contributed by atoms with Crippen molar-refractivity contribution in [1.82, 2.24) is 9.80 Å². The molecule has 0 spiro atoms. The smallest absolute Gasteiger partial charge is 0.331 e. The van der Waals surface area contributed by atoms with Crippen molar-refractivity contribution in [3.05, 3.63) is 28.8 Å². The van der Waals surface area contributed by atoms with Crippen molar-refractivity contribution in [2.75, 3.05) is 26.2 Å². The monoisotopic (exact) mass is 576 g/mol. The van der Waals surface area contributed by atoms with Crippen LogP contribution in [0.15, 0.2) is 17.7 Å². The molecule has 3 atom stereocenters. The lowest BCUT2D eigenvalue weighted by Crippen LogP contribution is -2.58. The Labute approximate surface area is 256 Å². The number of carbonyl (C=O) groups is 1. The summed E-state index contributed by atoms with van der Waals surface area (Å²) in [6, 6.07) is 4.71. The van der Waals surface area contributed by atoms with Crippen LogP contribution in [0.3, 0.4) is 0 Å². The van der Waals surface area contributed by atoms with Gasteiger partial charge in [0.15, 0.2) is 0 Å². The average molecular weight is 577 g/mol. The molecule has 0 aliphatic carbocycles. The minimum atomic E-state index is -0.676. The summed E-state index contributed by atoms with van der Waals surface area (Å²) in [5.74, 6) is 4.82. The van der Waals surface area contributed by atoms with Crippen molar-refractivity contribution in [2.24, 2.45) is 5.92 Å². The number of rotatable bonds is 12. The van der Waals surface area contributed by atoms with Gasteiger partial charge in [-0.2, -0.15) is 0 Å². The lowest BCUT2D eigenvalue weighted by Gasteiger charge is -2.45. The number of terminal acetylenes is 1. The van der Waals surface area contributed by atoms with Crippen LogP contribution in [0, 0.1) is 18.3 Å². The Balaban J connectivity index is 1.72. The standard InChI is InChI=1S/C37H56N2O3/c1-9-12-13-16-27(4)18-19-29-24-32(41-35(40)37(8,11-3)39-22-15-14-17-28(39)5)34-30-26-38(21-10-2)23-20-31(30)36(6,7)42-33(34)25-29/h2,24-25,27-28H,9,11-23,26H2,1,3-8H3. The maximum atomic E-state index is 14.2. The third kappa shape index (κ3) is 7.08. The summed E-state index contributed by atoms with van der Waals surface area (Å²) in [7, 11) is 0. The van der Waals surface area contributed by atoms with Crippen molar-refractivity contribution >= 4 is 11.5 Å². The van der Waals surface area contributed by atoms with E-state index in [0.29, 0.717) is 30.7 Å². The zero-order valence-electron chi connectivity index (χ0n) is 27.6. The fraction of sp³-hybridized carbons (Fsp3) is 0.703. The van der Waals surface area contributed by atoms with Gasteiger partial charge in [-0.05, 0) is 108 Å². The highest BCUT2D eigenvalue weighted by Gasteiger charge is 2.44. The number of ether oxygens (including phenoxy) is 2. The van der Waals surface area contributed by atoms with E-state index >= 15 is 0 Å². The highest BCUT2D eigenvalue weighted by molar-refractivity contribution is 5.87. The van der Waals surface area contributed by atoms with Crippen molar-refractivity contribution in [1.29, 1.82) is 0 Å². The SMILES string of the molecule is C#CCN1CCC2=C(C1)c1c(OC(=O)C(C)(CC)N3CCCCC3C)cc(CCC(C)CCCCC)cc1OC2(C)C. The van der Waals surface area contributed by atoms with E-state index < -0.39 is 11.1 Å². The van der Waals surface area contributed by atoms with Gasteiger partial charge in [0.1, 0.15) is 22.6 Å². The van der Waals surface area contributed by atoms with Gasteiger partial charge in [-0.1, -0.05) is 58.8 Å². The topological polar surface area (TPSA) is 42.0 Å². The number of esters is 1. The molecule has 1 saturated heterocycles. The summed E-state index contributed by atoms with van der Waals surface area (Å²) < 4.78 is 13.3. The van der Waals surface area contributed by atoms with Gasteiger partial charge >= 0.3 is 5.97 Å². The zero-order valence-corrected chi connectivity index (χ0v) is 27.6. The Morgan fingerprint density at radius 2 is 2.00 bits per heavy atom. The van der Waals surface area contributed by atoms with Crippen LogP contribution in [0.4, 0.5) is 0 Å². The molecule has 4 rings (SSSR count). The number of benzene rings is 1. The molecule has 1 aromatic rings. The van der Waals surface area contributed by atoms with Crippen LogP contribution >= 0.6 is 0 Å². The normalized spacial score (nSPS) is 22.8. The van der Waals surface area contributed by atoms with Gasteiger partial charge in [0.05, 0.1) is 12.1 Å². The molecule has 0 saturated carbocycles. The number of fused-ring (bicyclic) bond motifs is 2. The molecule has 5 heteroatoms. The number of nitrogens with zero attached hydrogens (tertiary/aromatic N) is 2. The molecular formula is C37H56N2O3. The molecule has 0 bridgehead atoms. The second-order valence-electron chi connectivity index (χ2n) is 13.9. The number of carbonyl (C=O) groups excluding carboxylic acids is 1. The number of aryl methyl sites for hydroxylation is 1. The lowest BCUT2D eigenvalue weighted by molar-refractivity contribution is -0.150. The Morgan fingerprint density at radius 1 is 1.21 bits per heavy atom. The van der Waals surface area contributed by atoms with Crippen LogP contribution in [-0.2, 0) is 11.2 Å². The highest BCUT2D eigenvalue weighted by atomic mass is 16.5. The number of hydrogen-bond acceptors (Lipinski definition) is 5. The predicted octanol–water partition coefficient (Wildman–Crippen LogP) is 8.05. The molecule has 3 unspecified atom stereocenters. The van der Waals surface area contributed by atoms with E-state index in [1.165, 1.54) is 48.8 Å². The van der Waals surface area contributed by atoms with Gasteiger partial charge in [-0.25, -0.2) is 4.79 Å². The molecular weight excluding hydrogens is 520 g/mol. The fourth-order valence-corrected chi connectivity index (χ4v) is 7.37. The molecule has 0 aromatic heterocycles. The van der Waals surface area contributed by atoms with E-state index in [9.17, 15) is 4.79 Å². The lowest BCUT2D eigenvalue weighted by atomic mass is 9.81. The first-order chi connectivity index (χ1) is 20.0. The molecule has 5 nitrogen and oxygen atoms in total. The molecule has 3 aliphatic heterocycles. The largest absolute Gasteiger partial charge is 0.483 e. The molecule has 0 N–H and O–H groups in total. The van der Waals surface area contributed by atoms with Crippen LogP contribution in [0.2, 0.25) is 0 Å². The quantitative estimate of drug-likeness (QED) is 0.109. The van der Waals surface area contributed by atoms with Crippen molar-refractivity contribution in [3.8, 4) is 23.8 Å². The van der Waals surface area contributed by atoms with E-state index in [4.69, 9.17) is 15.9 Å². The molecule has 0 radical (unpaired) electrons. The van der Waals surface area contributed by atoms with Gasteiger partial charge in [0.2, 0.25) is 0 Å². The van der Waals surface area contributed by atoms with E-state index in [0.717, 1.165) is 63.1 Å². The van der Waals surface area contributed by atoms with E-state index in [1.807, 2.05) is 0 Å². The van der Waals surface area contributed by atoms with Gasteiger partial charge in [-0.15, -0.1) is 6.42 Å². The summed E-state index contributed by atoms with van der Waals surface area (Å²) in [5, 5.41) is 0. The number of unbranched alkanes of at least 4 members (excludes halogenated alkanes) is 2. The van der Waals surface area contributed by atoms with Gasteiger partial charge in [-0.3, -0.25) is 9.80 Å². The summed E-state index contributed by atoms with van der Waals surface area (Å²) >= 11 is 0. The van der Waals surface area contributed by atoms with E-state index in [1.54, 1.807) is 0 Å². The van der Waals surface area contributed by atoms with Gasteiger partial charge < -0.3 is 9.47 Å². The van der Waals surface area contributed by atoms with E-state index in [-0.39, 0.29) is 5.97 Å². The Hall–Kier alpha value is -2.29. The Morgan fingerprint density at radius 3 is 2.69 bits per heavy atom. The van der Waals surface area contributed by atoms with Crippen LogP contribution in [-0.4, -0.2) is 59.1 Å². The van der Waals surface area contributed by atoms with Crippen LogP contribution in [0.5, 0.6) is 11.5 Å². The highest BCUT2D eigenvalue weighted by Crippen LogP contribution is 2.49. The summed E-state index contributed by atoms with van der Waals surface area (Å²) in [6.45, 7) is 18.6. The van der Waals surface area contributed by atoms with Crippen LogP contribution in [0.25, 0.3) is 5.57 Å². The first-order valence-electron chi connectivity index (χ1n) is 16.8. The van der Waals surface area contributed by atoms with Crippen LogP contribution < -0.4 is 9.47 Å². The minimum absolute atomic E-state index is 0.158. The third-order valence-electron chi connectivity index (χ3n) is 10.3. The maximum absolute atomic E-state index is 14.2. The molecule has 232 valence electrons. The fourth-order valence-electron chi connectivity index (χ4n) is 7.37. The third-order valence-corrected chi connectivity index (χ3v) is 10.3. The Kier molecular flexibility index (Phi) is 10.9. The predicted molar refractivity (Wildman–Crippen MR) is 174 cm³/mol. The minimum Gasteiger partial charge on any atom is -0.483 e. The van der Waals surface area contributed by atoms with Crippen molar-refractivity contribution < 1.29 is 14.3 Å². The molecule has 0 amide bonds. The van der Waals surface area contributed by atoms with Gasteiger partial charge in [0.25, 0.3) is 0 Å². The first kappa shape index (κ1) is 32.6. The summed E-state index contributed by atoms with van der Waals surface area (Å²) in [6.07, 6.45) is 17.9. The average Bonchev–Trinajstić information content (AvgIpc) is 2.95. The maximum Gasteiger partial charge on any atom is 0.331 e. The first-order valence-corrected chi connectivity index (χ1v) is 16.8. The van der Waals surface area contributed by atoms with Crippen LogP contribution in [0.1, 0.15) is 124 Å². The second kappa shape index (κ2) is 14.0. The number of piperidine rings is 1. The molecule has 42 heavy (non-hydrogen) atoms. The molecule has 3 heterocycles. The van der Waals surface area contributed by atoms with Gasteiger partial charge in [0, 0.05) is 19.1 Å². The molecule has 1 aromatic carbocycles. The van der Waals surface area contributed by atoms with Crippen molar-refractivity contribution in [2.45, 2.75) is 136 Å². The molecule has 1 fully saturated rings. The van der Waals surface area contributed by atoms with E-state index in [2.05, 4.69) is 76.3 Å². The zero-order chi connectivity index (χ0) is 30.5. The number of hydrogen-bond donors (Lipinski definition) is 0. The Bertz CT molecular complexity index is 1180. The number of likely N-dealkylation sites (tertiary alicyclic amines) is 1. The second-order valence-corrected chi connectivity index (χ2v) is 13.9. The molecule has 3 aliphatic rings. The summed E-state index contributed by atoms with van der Waals surface area (Å²) in [4.78, 5) is 18.9.